The van der Waals surface area contributed by atoms with E-state index in [9.17, 15) is 18.0 Å². The fraction of sp³-hybridized carbons (Fsp3) is 0.100. The minimum absolute atomic E-state index is 0.112. The highest BCUT2D eigenvalue weighted by molar-refractivity contribution is 6.07. The number of carbonyl (C=O) groups excluding carboxylic acids is 1. The van der Waals surface area contributed by atoms with Crippen LogP contribution in [0.3, 0.4) is 0 Å². The van der Waals surface area contributed by atoms with Gasteiger partial charge in [0.1, 0.15) is 5.82 Å². The van der Waals surface area contributed by atoms with Crippen molar-refractivity contribution in [3.63, 3.8) is 0 Å². The molecular weight excluding hydrogens is 387 g/mol. The standard InChI is InChI=1S/C20H14F3N3O3/c21-20(22,23)12-3-1-4-13(9-12)25-18-15(5-2-8-24-18)19(27)26-14-6-7-16-17(10-14)29-11-28-16/h1-10H,11H2,(H,24,25)(H,26,27). The van der Waals surface area contributed by atoms with Gasteiger partial charge in [-0.1, -0.05) is 6.07 Å². The molecule has 4 rings (SSSR count). The molecule has 1 aliphatic heterocycles. The van der Waals surface area contributed by atoms with Crippen molar-refractivity contribution in [2.75, 3.05) is 17.4 Å². The second-order valence-electron chi connectivity index (χ2n) is 6.13. The van der Waals surface area contributed by atoms with Gasteiger partial charge in [-0.3, -0.25) is 4.79 Å². The summed E-state index contributed by atoms with van der Waals surface area (Å²) >= 11 is 0. The Kier molecular flexibility index (Phi) is 4.71. The molecule has 0 spiro atoms. The summed E-state index contributed by atoms with van der Waals surface area (Å²) in [4.78, 5) is 16.8. The lowest BCUT2D eigenvalue weighted by Gasteiger charge is -2.13. The fourth-order valence-corrected chi connectivity index (χ4v) is 2.77. The summed E-state index contributed by atoms with van der Waals surface area (Å²) in [6, 6.07) is 12.7. The van der Waals surface area contributed by atoms with Crippen molar-refractivity contribution in [1.82, 2.24) is 4.98 Å². The summed E-state index contributed by atoms with van der Waals surface area (Å²) in [6.45, 7) is 0.112. The van der Waals surface area contributed by atoms with Crippen molar-refractivity contribution in [3.8, 4) is 11.5 Å². The Morgan fingerprint density at radius 2 is 1.79 bits per heavy atom. The molecule has 0 aliphatic carbocycles. The normalized spacial score (nSPS) is 12.5. The van der Waals surface area contributed by atoms with Crippen molar-refractivity contribution in [1.29, 1.82) is 0 Å². The first-order valence-electron chi connectivity index (χ1n) is 8.50. The number of anilines is 3. The van der Waals surface area contributed by atoms with Gasteiger partial charge in [-0.05, 0) is 42.5 Å². The average Bonchev–Trinajstić information content (AvgIpc) is 3.16. The quantitative estimate of drug-likeness (QED) is 0.656. The van der Waals surface area contributed by atoms with Crippen LogP contribution in [-0.4, -0.2) is 17.7 Å². The van der Waals surface area contributed by atoms with Crippen LogP contribution in [0.1, 0.15) is 15.9 Å². The number of nitrogens with one attached hydrogen (secondary N) is 2. The van der Waals surface area contributed by atoms with Crippen molar-refractivity contribution in [3.05, 3.63) is 71.9 Å². The first-order valence-corrected chi connectivity index (χ1v) is 8.50. The number of halogens is 3. The van der Waals surface area contributed by atoms with Crippen LogP contribution in [-0.2, 0) is 6.18 Å². The number of ether oxygens (including phenoxy) is 2. The van der Waals surface area contributed by atoms with Gasteiger partial charge < -0.3 is 20.1 Å². The number of hydrogen-bond acceptors (Lipinski definition) is 5. The Bertz CT molecular complexity index is 1070. The van der Waals surface area contributed by atoms with E-state index < -0.39 is 17.6 Å². The van der Waals surface area contributed by atoms with Crippen LogP contribution < -0.4 is 20.1 Å². The average molecular weight is 401 g/mol. The lowest BCUT2D eigenvalue weighted by atomic mass is 10.1. The summed E-state index contributed by atoms with van der Waals surface area (Å²) in [5, 5.41) is 5.49. The molecule has 0 fully saturated rings. The minimum atomic E-state index is -4.47. The predicted molar refractivity (Wildman–Crippen MR) is 99.5 cm³/mol. The van der Waals surface area contributed by atoms with E-state index in [0.717, 1.165) is 12.1 Å². The Morgan fingerprint density at radius 3 is 2.62 bits per heavy atom. The SMILES string of the molecule is O=C(Nc1ccc2c(c1)OCO2)c1cccnc1Nc1cccc(C(F)(F)F)c1. The van der Waals surface area contributed by atoms with E-state index >= 15 is 0 Å². The van der Waals surface area contributed by atoms with Gasteiger partial charge in [0.05, 0.1) is 11.1 Å². The van der Waals surface area contributed by atoms with Crippen molar-refractivity contribution >= 4 is 23.1 Å². The number of pyridine rings is 1. The van der Waals surface area contributed by atoms with Gasteiger partial charge in [-0.25, -0.2) is 4.98 Å². The summed E-state index contributed by atoms with van der Waals surface area (Å²) in [5.41, 5.74) is 0.0103. The minimum Gasteiger partial charge on any atom is -0.454 e. The molecule has 0 saturated heterocycles. The molecule has 1 aromatic heterocycles. The van der Waals surface area contributed by atoms with Gasteiger partial charge in [-0.2, -0.15) is 13.2 Å². The summed E-state index contributed by atoms with van der Waals surface area (Å²) < 4.78 is 49.3. The molecule has 2 aromatic carbocycles. The zero-order valence-electron chi connectivity index (χ0n) is 14.8. The Balaban J connectivity index is 1.56. The van der Waals surface area contributed by atoms with Gasteiger partial charge in [0.2, 0.25) is 6.79 Å². The van der Waals surface area contributed by atoms with Crippen LogP contribution in [0.25, 0.3) is 0 Å². The number of aromatic nitrogens is 1. The van der Waals surface area contributed by atoms with E-state index in [4.69, 9.17) is 9.47 Å². The molecule has 6 nitrogen and oxygen atoms in total. The first-order chi connectivity index (χ1) is 13.9. The maximum Gasteiger partial charge on any atom is 0.416 e. The van der Waals surface area contributed by atoms with Crippen molar-refractivity contribution in [2.24, 2.45) is 0 Å². The molecule has 0 bridgehead atoms. The largest absolute Gasteiger partial charge is 0.454 e. The van der Waals surface area contributed by atoms with Crippen LogP contribution in [0.4, 0.5) is 30.4 Å². The number of fused-ring (bicyclic) bond motifs is 1. The second kappa shape index (κ2) is 7.34. The lowest BCUT2D eigenvalue weighted by Crippen LogP contribution is -2.14. The summed E-state index contributed by atoms with van der Waals surface area (Å²) in [5.74, 6) is 0.740. The molecule has 148 valence electrons. The maximum atomic E-state index is 12.9. The van der Waals surface area contributed by atoms with Crippen molar-refractivity contribution in [2.45, 2.75) is 6.18 Å². The molecule has 9 heteroatoms. The molecule has 0 saturated carbocycles. The Labute approximate surface area is 163 Å². The van der Waals surface area contributed by atoms with Gasteiger partial charge >= 0.3 is 6.18 Å². The first kappa shape index (κ1) is 18.6. The van der Waals surface area contributed by atoms with E-state index in [2.05, 4.69) is 15.6 Å². The highest BCUT2D eigenvalue weighted by atomic mass is 19.4. The van der Waals surface area contributed by atoms with Gasteiger partial charge in [-0.15, -0.1) is 0 Å². The molecule has 3 aromatic rings. The van der Waals surface area contributed by atoms with Crippen LogP contribution in [0.5, 0.6) is 11.5 Å². The van der Waals surface area contributed by atoms with E-state index in [1.165, 1.54) is 24.4 Å². The number of alkyl halides is 3. The monoisotopic (exact) mass is 401 g/mol. The number of hydrogen-bond donors (Lipinski definition) is 2. The Morgan fingerprint density at radius 1 is 0.966 bits per heavy atom. The predicted octanol–water partition coefficient (Wildman–Crippen LogP) is 4.83. The number of benzene rings is 2. The summed E-state index contributed by atoms with van der Waals surface area (Å²) in [6.07, 6.45) is -3.03. The topological polar surface area (TPSA) is 72.5 Å². The van der Waals surface area contributed by atoms with Gasteiger partial charge in [0.15, 0.2) is 11.5 Å². The van der Waals surface area contributed by atoms with E-state index in [-0.39, 0.29) is 23.9 Å². The molecule has 2 heterocycles. The number of rotatable bonds is 4. The van der Waals surface area contributed by atoms with Gasteiger partial charge in [0, 0.05) is 23.6 Å². The van der Waals surface area contributed by atoms with Crippen LogP contribution in [0, 0.1) is 0 Å². The van der Waals surface area contributed by atoms with E-state index in [0.29, 0.717) is 17.2 Å². The van der Waals surface area contributed by atoms with Crippen LogP contribution in [0.2, 0.25) is 0 Å². The second-order valence-corrected chi connectivity index (χ2v) is 6.13. The van der Waals surface area contributed by atoms with Crippen molar-refractivity contribution < 1.29 is 27.4 Å². The molecular formula is C20H14F3N3O3. The Hall–Kier alpha value is -3.75. The fourth-order valence-electron chi connectivity index (χ4n) is 2.77. The molecule has 1 aliphatic rings. The van der Waals surface area contributed by atoms with Gasteiger partial charge in [0.25, 0.3) is 5.91 Å². The van der Waals surface area contributed by atoms with E-state index in [1.54, 1.807) is 24.3 Å². The highest BCUT2D eigenvalue weighted by Gasteiger charge is 2.30. The lowest BCUT2D eigenvalue weighted by molar-refractivity contribution is -0.137. The molecule has 0 radical (unpaired) electrons. The number of amides is 1. The molecule has 0 unspecified atom stereocenters. The zero-order valence-corrected chi connectivity index (χ0v) is 14.8. The summed E-state index contributed by atoms with van der Waals surface area (Å²) in [7, 11) is 0. The third-order valence-corrected chi connectivity index (χ3v) is 4.14. The maximum absolute atomic E-state index is 12.9. The number of carbonyl (C=O) groups is 1. The molecule has 2 N–H and O–H groups in total. The van der Waals surface area contributed by atoms with Crippen LogP contribution in [0.15, 0.2) is 60.8 Å². The molecule has 0 atom stereocenters. The molecule has 1 amide bonds. The third kappa shape index (κ3) is 4.08. The van der Waals surface area contributed by atoms with E-state index in [1.807, 2.05) is 0 Å². The third-order valence-electron chi connectivity index (χ3n) is 4.14. The molecule has 29 heavy (non-hydrogen) atoms. The zero-order chi connectivity index (χ0) is 20.4. The highest BCUT2D eigenvalue weighted by Crippen LogP contribution is 2.35. The number of nitrogens with zero attached hydrogens (tertiary/aromatic N) is 1. The van der Waals surface area contributed by atoms with Crippen LogP contribution >= 0.6 is 0 Å². The smallest absolute Gasteiger partial charge is 0.416 e.